The minimum absolute atomic E-state index is 0.140. The fourth-order valence-electron chi connectivity index (χ4n) is 1.58. The Labute approximate surface area is 99.0 Å². The maximum atomic E-state index is 6.98. The summed E-state index contributed by atoms with van der Waals surface area (Å²) in [7, 11) is 1.89. The van der Waals surface area contributed by atoms with Gasteiger partial charge in [-0.3, -0.25) is 0 Å². The second-order valence-corrected chi connectivity index (χ2v) is 4.52. The van der Waals surface area contributed by atoms with Crippen molar-refractivity contribution in [3.63, 3.8) is 0 Å². The molecule has 0 radical (unpaired) electrons. The van der Waals surface area contributed by atoms with Gasteiger partial charge in [0, 0.05) is 11.9 Å². The molecule has 0 atom stereocenters. The Morgan fingerprint density at radius 3 is 2.62 bits per heavy atom. The predicted octanol–water partition coefficient (Wildman–Crippen LogP) is 3.50. The second kappa shape index (κ2) is 3.92. The molecule has 0 unspecified atom stereocenters. The summed E-state index contributed by atoms with van der Waals surface area (Å²) in [6.07, 6.45) is 0. The van der Waals surface area contributed by atoms with E-state index in [-0.39, 0.29) is 5.82 Å². The molecule has 0 N–H and O–H groups in total. The number of fused-ring (bicyclic) bond motifs is 1. The molecule has 0 saturated carbocycles. The van der Waals surface area contributed by atoms with Crippen LogP contribution < -0.4 is 4.90 Å². The minimum atomic E-state index is 0.140. The van der Waals surface area contributed by atoms with Gasteiger partial charge < -0.3 is 4.90 Å². The van der Waals surface area contributed by atoms with Gasteiger partial charge in [-0.05, 0) is 24.6 Å². The first-order valence-corrected chi connectivity index (χ1v) is 5.50. The summed E-state index contributed by atoms with van der Waals surface area (Å²) in [5, 5.41) is 0.727. The highest BCUT2D eigenvalue weighted by molar-refractivity contribution is 8.03. The lowest BCUT2D eigenvalue weighted by Gasteiger charge is -2.11. The third-order valence-corrected chi connectivity index (χ3v) is 3.59. The zero-order valence-corrected chi connectivity index (χ0v) is 9.80. The number of nitrogens with zero attached hydrogens (tertiary/aromatic N) is 3. The number of benzene rings is 1. The third kappa shape index (κ3) is 1.54. The quantitative estimate of drug-likeness (QED) is 0.629. The van der Waals surface area contributed by atoms with Crippen molar-refractivity contribution in [2.24, 2.45) is 0 Å². The van der Waals surface area contributed by atoms with Crippen LogP contribution in [-0.4, -0.2) is 7.05 Å². The number of thioether (sulfide) groups is 1. The van der Waals surface area contributed by atoms with E-state index in [0.29, 0.717) is 0 Å². The van der Waals surface area contributed by atoms with E-state index in [1.807, 2.05) is 31.0 Å². The van der Waals surface area contributed by atoms with Crippen molar-refractivity contribution in [1.82, 2.24) is 0 Å². The first kappa shape index (κ1) is 10.6. The Morgan fingerprint density at radius 1 is 1.31 bits per heavy atom. The van der Waals surface area contributed by atoms with E-state index in [1.165, 1.54) is 17.3 Å². The lowest BCUT2D eigenvalue weighted by atomic mass is 10.2. The average molecular weight is 227 g/mol. The molecule has 1 aliphatic rings. The topological polar surface area (TPSA) is 12.0 Å². The largest absolute Gasteiger partial charge is 0.550 e. The van der Waals surface area contributed by atoms with Gasteiger partial charge in [-0.15, -0.1) is 0 Å². The van der Waals surface area contributed by atoms with E-state index in [4.69, 9.17) is 13.1 Å². The molecule has 1 aliphatic heterocycles. The van der Waals surface area contributed by atoms with E-state index >= 15 is 0 Å². The molecular formula is C12H9N3S. The van der Waals surface area contributed by atoms with E-state index in [2.05, 4.69) is 15.8 Å². The molecule has 0 aromatic heterocycles. The lowest BCUT2D eigenvalue weighted by molar-refractivity contribution is 1.16. The van der Waals surface area contributed by atoms with Crippen LogP contribution in [0, 0.1) is 20.1 Å². The molecule has 0 saturated heterocycles. The van der Waals surface area contributed by atoms with Crippen LogP contribution >= 0.6 is 11.8 Å². The lowest BCUT2D eigenvalue weighted by Crippen LogP contribution is -2.10. The van der Waals surface area contributed by atoms with E-state index in [0.717, 1.165) is 15.6 Å². The van der Waals surface area contributed by atoms with Crippen molar-refractivity contribution in [2.45, 2.75) is 11.8 Å². The Balaban J connectivity index is 2.55. The number of anilines is 1. The highest BCUT2D eigenvalue weighted by atomic mass is 32.2. The summed E-state index contributed by atoms with van der Waals surface area (Å²) in [5.74, 6) is 0.140. The summed E-state index contributed by atoms with van der Waals surface area (Å²) in [6.45, 7) is 16.0. The molecule has 0 aliphatic carbocycles. The first-order valence-electron chi connectivity index (χ1n) is 4.69. The first-order chi connectivity index (χ1) is 7.67. The van der Waals surface area contributed by atoms with Crippen LogP contribution in [0.1, 0.15) is 5.56 Å². The van der Waals surface area contributed by atoms with Crippen LogP contribution in [0.3, 0.4) is 0 Å². The molecule has 4 heteroatoms. The molecular weight excluding hydrogens is 218 g/mol. The van der Waals surface area contributed by atoms with Gasteiger partial charge in [0.2, 0.25) is 0 Å². The van der Waals surface area contributed by atoms with Crippen molar-refractivity contribution in [1.29, 1.82) is 0 Å². The van der Waals surface area contributed by atoms with Gasteiger partial charge in [-0.2, -0.15) is 9.69 Å². The van der Waals surface area contributed by atoms with Gasteiger partial charge in [0.15, 0.2) is 5.03 Å². The van der Waals surface area contributed by atoms with Crippen LogP contribution in [-0.2, 0) is 0 Å². The summed E-state index contributed by atoms with van der Waals surface area (Å²) in [6, 6.07) is 6.14. The third-order valence-electron chi connectivity index (χ3n) is 2.39. The standard InChI is InChI=1S/C12H9N3S/c1-8-5-6-9-10(7-8)16-12(15(9)4)11(13-2)14-3/h5-7H,1,4H3. The zero-order valence-electron chi connectivity index (χ0n) is 8.98. The van der Waals surface area contributed by atoms with E-state index < -0.39 is 0 Å². The Morgan fingerprint density at radius 2 is 2.00 bits per heavy atom. The van der Waals surface area contributed by atoms with E-state index in [1.54, 1.807) is 0 Å². The summed E-state index contributed by atoms with van der Waals surface area (Å²) < 4.78 is 0. The molecule has 0 spiro atoms. The summed E-state index contributed by atoms with van der Waals surface area (Å²) in [4.78, 5) is 9.54. The van der Waals surface area contributed by atoms with Crippen molar-refractivity contribution >= 4 is 17.4 Å². The van der Waals surface area contributed by atoms with Gasteiger partial charge in [0.1, 0.15) is 13.1 Å². The van der Waals surface area contributed by atoms with Crippen LogP contribution in [0.5, 0.6) is 0 Å². The van der Waals surface area contributed by atoms with Crippen molar-refractivity contribution in [2.75, 3.05) is 11.9 Å². The smallest absolute Gasteiger partial charge is 0.341 e. The fourth-order valence-corrected chi connectivity index (χ4v) is 2.76. The van der Waals surface area contributed by atoms with Crippen molar-refractivity contribution in [3.8, 4) is 0 Å². The molecule has 0 bridgehead atoms. The number of hydrogen-bond acceptors (Lipinski definition) is 2. The molecule has 2 rings (SSSR count). The molecule has 1 aromatic carbocycles. The Hall–Kier alpha value is -1.91. The maximum Gasteiger partial charge on any atom is 0.550 e. The van der Waals surface area contributed by atoms with Crippen LogP contribution in [0.25, 0.3) is 9.69 Å². The van der Waals surface area contributed by atoms with Gasteiger partial charge in [-0.1, -0.05) is 17.8 Å². The molecule has 1 heterocycles. The predicted molar refractivity (Wildman–Crippen MR) is 65.7 cm³/mol. The highest BCUT2D eigenvalue weighted by Gasteiger charge is 2.29. The SMILES string of the molecule is [C-]#[N+]C([N+]#[C-])=C1Sc2cc(C)ccc2N1C. The van der Waals surface area contributed by atoms with Crippen molar-refractivity contribution < 1.29 is 0 Å². The second-order valence-electron chi connectivity index (χ2n) is 3.48. The number of rotatable bonds is 0. The monoisotopic (exact) mass is 227 g/mol. The molecule has 78 valence electrons. The Kier molecular flexibility index (Phi) is 2.60. The molecule has 0 fully saturated rings. The van der Waals surface area contributed by atoms with Gasteiger partial charge in [0.05, 0.1) is 5.69 Å². The summed E-state index contributed by atoms with van der Waals surface area (Å²) in [5.41, 5.74) is 2.25. The summed E-state index contributed by atoms with van der Waals surface area (Å²) >= 11 is 1.49. The molecule has 16 heavy (non-hydrogen) atoms. The minimum Gasteiger partial charge on any atom is -0.341 e. The van der Waals surface area contributed by atoms with Crippen LogP contribution in [0.2, 0.25) is 0 Å². The van der Waals surface area contributed by atoms with E-state index in [9.17, 15) is 0 Å². The fraction of sp³-hybridized carbons (Fsp3) is 0.167. The van der Waals surface area contributed by atoms with Crippen LogP contribution in [0.4, 0.5) is 5.69 Å². The molecule has 1 aromatic rings. The number of aryl methyl sites for hydroxylation is 1. The average Bonchev–Trinajstić information content (AvgIpc) is 2.58. The Bertz CT molecular complexity index is 545. The maximum absolute atomic E-state index is 6.98. The highest BCUT2D eigenvalue weighted by Crippen LogP contribution is 2.46. The normalized spacial score (nSPS) is 13.0. The van der Waals surface area contributed by atoms with Gasteiger partial charge >= 0.3 is 5.82 Å². The molecule has 0 amide bonds. The number of hydrogen-bond donors (Lipinski definition) is 0. The van der Waals surface area contributed by atoms with Gasteiger partial charge in [0.25, 0.3) is 0 Å². The van der Waals surface area contributed by atoms with Crippen LogP contribution in [0.15, 0.2) is 33.9 Å². The zero-order chi connectivity index (χ0) is 11.7. The van der Waals surface area contributed by atoms with Gasteiger partial charge in [-0.25, -0.2) is 0 Å². The van der Waals surface area contributed by atoms with Crippen molar-refractivity contribution in [3.05, 3.63) is 57.4 Å². The molecule has 3 nitrogen and oxygen atoms in total.